The Morgan fingerprint density at radius 3 is 1.88 bits per heavy atom. The second kappa shape index (κ2) is 21.1. The molecule has 0 radical (unpaired) electrons. The number of aromatic nitrogens is 4. The van der Waals surface area contributed by atoms with Crippen LogP contribution in [-0.4, -0.2) is 107 Å². The zero-order valence-corrected chi connectivity index (χ0v) is 43.4. The summed E-state index contributed by atoms with van der Waals surface area (Å²) in [4.78, 5) is 88.8. The molecule has 5 aromatic rings. The molecule has 0 saturated carbocycles. The highest BCUT2D eigenvalue weighted by Crippen LogP contribution is 2.37. The number of rotatable bonds is 12. The molecule has 2 saturated heterocycles. The number of alkyl carbamates (subject to hydrolysis) is 2. The van der Waals surface area contributed by atoms with Crippen LogP contribution in [0.1, 0.15) is 123 Å². The molecule has 2 aromatic heterocycles. The summed E-state index contributed by atoms with van der Waals surface area (Å²) in [5.41, 5.74) is 4.90. The van der Waals surface area contributed by atoms with Gasteiger partial charge in [-0.2, -0.15) is 0 Å². The average molecular weight is 1000 g/mol. The van der Waals surface area contributed by atoms with E-state index < -0.39 is 53.7 Å². The number of hydrogen-bond acceptors (Lipinski definition) is 10. The summed E-state index contributed by atoms with van der Waals surface area (Å²) in [6.45, 7) is 19.0. The monoisotopic (exact) mass is 1000 g/mol. The number of benzene rings is 3. The van der Waals surface area contributed by atoms with Crippen LogP contribution >= 0.6 is 0 Å². The van der Waals surface area contributed by atoms with Crippen molar-refractivity contribution in [2.75, 3.05) is 13.1 Å². The standard InChI is InChI=1S/C55H68FN9O8/c1-31(2)45(61-51(68)72-54(5,6)7)49(66)64-24-12-15-43(64)47-57-26-41(59-47)35-20-16-33(17-21-35)34-18-22-36(23-19-34)42-27-58-48(60-42)44-25-38(71-53(70)63-28-37-13-11-14-40(56)39(37)30-63)29-65(44)50(67)46(32(3)4)62-52(69)73-55(8,9)10/h11,13-14,16-23,26-27,31-32,38,43-46H,12,15,24-25,28-30H2,1-10H3,(H,57,59)(H,58,60)(H,61,68)(H,62,69)/t38-,43+,44?,45+,46+/m1/s1. The largest absolute Gasteiger partial charge is 0.444 e. The van der Waals surface area contributed by atoms with E-state index in [2.05, 4.69) is 20.6 Å². The lowest BCUT2D eigenvalue weighted by Crippen LogP contribution is -2.52. The van der Waals surface area contributed by atoms with Crippen molar-refractivity contribution in [1.29, 1.82) is 0 Å². The molecule has 8 rings (SSSR count). The third kappa shape index (κ3) is 12.2. The van der Waals surface area contributed by atoms with Crippen LogP contribution in [0.2, 0.25) is 0 Å². The molecule has 5 amide bonds. The number of fused-ring (bicyclic) bond motifs is 1. The Hall–Kier alpha value is -7.24. The van der Waals surface area contributed by atoms with Crippen LogP contribution < -0.4 is 10.6 Å². The Labute approximate surface area is 426 Å². The van der Waals surface area contributed by atoms with Crippen LogP contribution in [-0.2, 0) is 36.9 Å². The lowest BCUT2D eigenvalue weighted by molar-refractivity contribution is -0.136. The van der Waals surface area contributed by atoms with Gasteiger partial charge in [0, 0.05) is 36.8 Å². The number of likely N-dealkylation sites (tertiary alicyclic amines) is 2. The van der Waals surface area contributed by atoms with Crippen LogP contribution in [0.5, 0.6) is 0 Å². The van der Waals surface area contributed by atoms with E-state index in [9.17, 15) is 28.4 Å². The number of imidazole rings is 2. The minimum atomic E-state index is -0.948. The first-order chi connectivity index (χ1) is 34.5. The minimum absolute atomic E-state index is 0.0457. The second-order valence-corrected chi connectivity index (χ2v) is 21.9. The Morgan fingerprint density at radius 1 is 0.726 bits per heavy atom. The van der Waals surface area contributed by atoms with E-state index in [4.69, 9.17) is 24.2 Å². The van der Waals surface area contributed by atoms with Crippen LogP contribution in [0.4, 0.5) is 18.8 Å². The van der Waals surface area contributed by atoms with Gasteiger partial charge in [-0.05, 0) is 94.5 Å². The van der Waals surface area contributed by atoms with Crippen LogP contribution in [0.15, 0.2) is 79.1 Å². The first-order valence-corrected chi connectivity index (χ1v) is 25.1. The third-order valence-electron chi connectivity index (χ3n) is 13.3. The van der Waals surface area contributed by atoms with Gasteiger partial charge in [-0.25, -0.2) is 28.7 Å². The van der Waals surface area contributed by atoms with Crippen molar-refractivity contribution in [3.63, 3.8) is 0 Å². The summed E-state index contributed by atoms with van der Waals surface area (Å²) in [5, 5.41) is 5.56. The molecule has 0 aliphatic carbocycles. The molecule has 1 unspecified atom stereocenters. The van der Waals surface area contributed by atoms with E-state index in [-0.39, 0.29) is 61.6 Å². The molecule has 3 aliphatic rings. The smallest absolute Gasteiger partial charge is 0.410 e. The Balaban J connectivity index is 0.946. The molecule has 3 aliphatic heterocycles. The fourth-order valence-corrected chi connectivity index (χ4v) is 9.66. The van der Waals surface area contributed by atoms with Gasteiger partial charge in [0.05, 0.1) is 42.8 Å². The second-order valence-electron chi connectivity index (χ2n) is 21.9. The SMILES string of the molecule is CC(C)[C@H](NC(=O)OC(C)(C)C)C(=O)N1C[C@H](OC(=O)N2Cc3cccc(F)c3C2)CC1c1ncc(-c2ccc(-c3ccc(-c4c[nH]c([C@@H]5CCCN5C(=O)[C@@H](NC(=O)OC(C)(C)C)C(C)C)n4)cc3)cc2)[nH]1. The molecule has 18 heteroatoms. The average Bonchev–Trinajstić information content (AvgIpc) is 4.18. The summed E-state index contributed by atoms with van der Waals surface area (Å²) < 4.78 is 31.5. The molecule has 2 fully saturated rings. The lowest BCUT2D eigenvalue weighted by atomic mass is 10.0. The molecule has 3 aromatic carbocycles. The topological polar surface area (TPSA) is 204 Å². The van der Waals surface area contributed by atoms with Crippen molar-refractivity contribution in [2.45, 2.75) is 143 Å². The molecule has 5 atom stereocenters. The van der Waals surface area contributed by atoms with E-state index in [1.807, 2.05) is 82.4 Å². The van der Waals surface area contributed by atoms with Gasteiger partial charge in [0.1, 0.15) is 46.9 Å². The molecular weight excluding hydrogens is 934 g/mol. The van der Waals surface area contributed by atoms with Crippen molar-refractivity contribution in [1.82, 2.24) is 45.3 Å². The van der Waals surface area contributed by atoms with E-state index in [0.717, 1.165) is 46.4 Å². The Morgan fingerprint density at radius 2 is 1.30 bits per heavy atom. The zero-order valence-electron chi connectivity index (χ0n) is 43.4. The van der Waals surface area contributed by atoms with Gasteiger partial charge in [-0.1, -0.05) is 88.4 Å². The zero-order chi connectivity index (χ0) is 52.5. The summed E-state index contributed by atoms with van der Waals surface area (Å²) in [6.07, 6.45) is 2.68. The number of carbonyl (C=O) groups is 5. The van der Waals surface area contributed by atoms with E-state index >= 15 is 0 Å². The van der Waals surface area contributed by atoms with Gasteiger partial charge in [0.15, 0.2) is 0 Å². The fraction of sp³-hybridized carbons (Fsp3) is 0.473. The molecule has 0 bridgehead atoms. The predicted octanol–water partition coefficient (Wildman–Crippen LogP) is 9.83. The molecule has 0 spiro atoms. The van der Waals surface area contributed by atoms with Crippen LogP contribution in [0, 0.1) is 17.7 Å². The molecule has 17 nitrogen and oxygen atoms in total. The first-order valence-electron chi connectivity index (χ1n) is 25.1. The first kappa shape index (κ1) is 52.1. The number of aromatic amines is 2. The number of carbonyl (C=O) groups excluding carboxylic acids is 5. The quantitative estimate of drug-likeness (QED) is 0.0871. The molecule has 4 N–H and O–H groups in total. The van der Waals surface area contributed by atoms with Crippen LogP contribution in [0.25, 0.3) is 33.6 Å². The number of nitrogens with one attached hydrogen (secondary N) is 4. The van der Waals surface area contributed by atoms with Gasteiger partial charge in [-0.3, -0.25) is 14.5 Å². The van der Waals surface area contributed by atoms with Gasteiger partial charge in [0.2, 0.25) is 11.8 Å². The number of H-pyrrole nitrogens is 2. The highest BCUT2D eigenvalue weighted by atomic mass is 19.1. The summed E-state index contributed by atoms with van der Waals surface area (Å²) in [6, 6.07) is 18.3. The van der Waals surface area contributed by atoms with E-state index in [1.165, 1.54) is 11.0 Å². The van der Waals surface area contributed by atoms with Crippen molar-refractivity contribution in [3.05, 3.63) is 108 Å². The van der Waals surface area contributed by atoms with Crippen molar-refractivity contribution in [2.24, 2.45) is 11.8 Å². The highest BCUT2D eigenvalue weighted by Gasteiger charge is 2.44. The fourth-order valence-electron chi connectivity index (χ4n) is 9.66. The number of halogens is 1. The van der Waals surface area contributed by atoms with E-state index in [0.29, 0.717) is 29.5 Å². The highest BCUT2D eigenvalue weighted by molar-refractivity contribution is 5.87. The third-order valence-corrected chi connectivity index (χ3v) is 13.3. The van der Waals surface area contributed by atoms with Gasteiger partial charge >= 0.3 is 18.3 Å². The number of nitrogens with zero attached hydrogens (tertiary/aromatic N) is 5. The maximum atomic E-state index is 14.6. The molecule has 5 heterocycles. The van der Waals surface area contributed by atoms with Crippen molar-refractivity contribution in [3.8, 4) is 33.6 Å². The maximum absolute atomic E-state index is 14.6. The Bertz CT molecular complexity index is 2810. The normalized spacial score (nSPS) is 18.7. The molecule has 73 heavy (non-hydrogen) atoms. The number of hydrogen-bond donors (Lipinski definition) is 4. The number of amides is 5. The van der Waals surface area contributed by atoms with Crippen LogP contribution in [0.3, 0.4) is 0 Å². The summed E-state index contributed by atoms with van der Waals surface area (Å²) >= 11 is 0. The minimum Gasteiger partial charge on any atom is -0.444 e. The Kier molecular flexibility index (Phi) is 15.0. The summed E-state index contributed by atoms with van der Waals surface area (Å²) in [5.74, 6) is -0.203. The van der Waals surface area contributed by atoms with Gasteiger partial charge < -0.3 is 44.6 Å². The van der Waals surface area contributed by atoms with Crippen molar-refractivity contribution < 1.29 is 42.6 Å². The van der Waals surface area contributed by atoms with Crippen molar-refractivity contribution >= 4 is 30.1 Å². The predicted molar refractivity (Wildman–Crippen MR) is 272 cm³/mol. The van der Waals surface area contributed by atoms with Gasteiger partial charge in [-0.15, -0.1) is 0 Å². The van der Waals surface area contributed by atoms with E-state index in [1.54, 1.807) is 69.7 Å². The maximum Gasteiger partial charge on any atom is 0.410 e. The lowest BCUT2D eigenvalue weighted by Gasteiger charge is -2.31. The summed E-state index contributed by atoms with van der Waals surface area (Å²) in [7, 11) is 0. The van der Waals surface area contributed by atoms with Gasteiger partial charge in [0.25, 0.3) is 0 Å². The number of ether oxygens (including phenoxy) is 3. The molecule has 388 valence electrons. The molecular formula is C55H68FN9O8.